The number of nitrogens with two attached hydrogens (primary N) is 1. The molecule has 0 saturated carbocycles. The molecule has 1 aliphatic rings. The number of nitrogens with zero attached hydrogens (tertiary/aromatic N) is 2. The molecule has 2 heterocycles. The Morgan fingerprint density at radius 1 is 1.43 bits per heavy atom. The van der Waals surface area contributed by atoms with Crippen molar-refractivity contribution in [2.45, 2.75) is 26.4 Å². The standard InChI is InChI=1S/C16H18ClN3O/c1-2-19-9-12(17)8-15(19)16(21)20-7-6-11-4-3-5-14(18)13(11)10-20/h3-5,8-9H,2,6-7,10,18H2,1H3. The SMILES string of the molecule is CCn1cc(Cl)cc1C(=O)N1CCc2cccc(N)c2C1. The molecular weight excluding hydrogens is 286 g/mol. The number of halogens is 1. The molecule has 1 aliphatic heterocycles. The van der Waals surface area contributed by atoms with E-state index in [0.717, 1.165) is 24.2 Å². The van der Waals surface area contributed by atoms with Crippen molar-refractivity contribution in [3.63, 3.8) is 0 Å². The van der Waals surface area contributed by atoms with Gasteiger partial charge in [-0.2, -0.15) is 0 Å². The Bertz CT molecular complexity index is 693. The molecule has 4 nitrogen and oxygen atoms in total. The fraction of sp³-hybridized carbons (Fsp3) is 0.312. The van der Waals surface area contributed by atoms with E-state index in [1.54, 1.807) is 12.3 Å². The summed E-state index contributed by atoms with van der Waals surface area (Å²) in [7, 11) is 0. The molecule has 0 spiro atoms. The molecule has 0 aliphatic carbocycles. The van der Waals surface area contributed by atoms with Crippen molar-refractivity contribution in [1.29, 1.82) is 0 Å². The fourth-order valence-corrected chi connectivity index (χ4v) is 3.08. The van der Waals surface area contributed by atoms with Gasteiger partial charge in [0.15, 0.2) is 0 Å². The van der Waals surface area contributed by atoms with Gasteiger partial charge in [-0.3, -0.25) is 4.79 Å². The number of carbonyl (C=O) groups excluding carboxylic acids is 1. The Balaban J connectivity index is 1.89. The van der Waals surface area contributed by atoms with Crippen molar-refractivity contribution in [2.24, 2.45) is 0 Å². The van der Waals surface area contributed by atoms with Crippen molar-refractivity contribution in [2.75, 3.05) is 12.3 Å². The highest BCUT2D eigenvalue weighted by Gasteiger charge is 2.25. The van der Waals surface area contributed by atoms with Gasteiger partial charge in [0.2, 0.25) is 0 Å². The van der Waals surface area contributed by atoms with Gasteiger partial charge in [-0.25, -0.2) is 0 Å². The molecule has 0 unspecified atom stereocenters. The van der Waals surface area contributed by atoms with Crippen molar-refractivity contribution in [3.05, 3.63) is 52.3 Å². The van der Waals surface area contributed by atoms with Gasteiger partial charge in [0.1, 0.15) is 5.69 Å². The number of amides is 1. The Kier molecular flexibility index (Phi) is 3.64. The summed E-state index contributed by atoms with van der Waals surface area (Å²) in [5.41, 5.74) is 9.74. The minimum absolute atomic E-state index is 0.0117. The van der Waals surface area contributed by atoms with E-state index in [4.69, 9.17) is 17.3 Å². The quantitative estimate of drug-likeness (QED) is 0.867. The summed E-state index contributed by atoms with van der Waals surface area (Å²) in [6.45, 7) is 3.99. The lowest BCUT2D eigenvalue weighted by Crippen LogP contribution is -2.37. The molecule has 0 saturated heterocycles. The van der Waals surface area contributed by atoms with Crippen LogP contribution in [0.3, 0.4) is 0 Å². The summed E-state index contributed by atoms with van der Waals surface area (Å²) in [6.07, 6.45) is 2.63. The summed E-state index contributed by atoms with van der Waals surface area (Å²) in [5.74, 6) is 0.0117. The van der Waals surface area contributed by atoms with Crippen LogP contribution >= 0.6 is 11.6 Å². The van der Waals surface area contributed by atoms with Crippen LogP contribution in [-0.2, 0) is 19.5 Å². The molecule has 1 amide bonds. The minimum Gasteiger partial charge on any atom is -0.398 e. The van der Waals surface area contributed by atoms with E-state index in [2.05, 4.69) is 6.07 Å². The number of carbonyl (C=O) groups is 1. The number of aryl methyl sites for hydroxylation is 1. The molecule has 2 N–H and O–H groups in total. The van der Waals surface area contributed by atoms with Crippen LogP contribution in [0, 0.1) is 0 Å². The number of anilines is 1. The Morgan fingerprint density at radius 3 is 3.00 bits per heavy atom. The van der Waals surface area contributed by atoms with E-state index in [9.17, 15) is 4.79 Å². The maximum absolute atomic E-state index is 12.7. The summed E-state index contributed by atoms with van der Waals surface area (Å²) in [6, 6.07) is 7.67. The maximum atomic E-state index is 12.7. The van der Waals surface area contributed by atoms with Crippen LogP contribution in [0.5, 0.6) is 0 Å². The third-order valence-corrected chi connectivity index (χ3v) is 4.23. The van der Waals surface area contributed by atoms with Crippen molar-refractivity contribution in [1.82, 2.24) is 9.47 Å². The van der Waals surface area contributed by atoms with Crippen LogP contribution in [0.1, 0.15) is 28.5 Å². The van der Waals surface area contributed by atoms with Crippen LogP contribution in [-0.4, -0.2) is 21.9 Å². The van der Waals surface area contributed by atoms with E-state index in [1.807, 2.05) is 28.5 Å². The molecular formula is C16H18ClN3O. The lowest BCUT2D eigenvalue weighted by molar-refractivity contribution is 0.0724. The summed E-state index contributed by atoms with van der Waals surface area (Å²) in [4.78, 5) is 14.6. The lowest BCUT2D eigenvalue weighted by Gasteiger charge is -2.30. The topological polar surface area (TPSA) is 51.3 Å². The number of benzene rings is 1. The van der Waals surface area contributed by atoms with Crippen LogP contribution in [0.4, 0.5) is 5.69 Å². The van der Waals surface area contributed by atoms with Gasteiger partial charge in [0, 0.05) is 31.5 Å². The van der Waals surface area contributed by atoms with Crippen molar-refractivity contribution >= 4 is 23.2 Å². The van der Waals surface area contributed by atoms with Gasteiger partial charge in [0.05, 0.1) is 5.02 Å². The highest BCUT2D eigenvalue weighted by atomic mass is 35.5. The van der Waals surface area contributed by atoms with Crippen LogP contribution in [0.25, 0.3) is 0 Å². The van der Waals surface area contributed by atoms with Gasteiger partial charge in [-0.05, 0) is 36.6 Å². The summed E-state index contributed by atoms with van der Waals surface area (Å²) >= 11 is 6.02. The maximum Gasteiger partial charge on any atom is 0.270 e. The van der Waals surface area contributed by atoms with Gasteiger partial charge in [-0.1, -0.05) is 23.7 Å². The van der Waals surface area contributed by atoms with E-state index in [-0.39, 0.29) is 5.91 Å². The molecule has 1 aromatic carbocycles. The van der Waals surface area contributed by atoms with Crippen LogP contribution < -0.4 is 5.73 Å². The van der Waals surface area contributed by atoms with Crippen LogP contribution in [0.2, 0.25) is 5.02 Å². The Hall–Kier alpha value is -1.94. The van der Waals surface area contributed by atoms with E-state index >= 15 is 0 Å². The molecule has 0 bridgehead atoms. The molecule has 21 heavy (non-hydrogen) atoms. The Labute approximate surface area is 129 Å². The first kappa shape index (κ1) is 14.0. The normalized spacial score (nSPS) is 14.1. The van der Waals surface area contributed by atoms with Gasteiger partial charge in [-0.15, -0.1) is 0 Å². The fourth-order valence-electron chi connectivity index (χ4n) is 2.86. The number of fused-ring (bicyclic) bond motifs is 1. The Morgan fingerprint density at radius 2 is 2.24 bits per heavy atom. The highest BCUT2D eigenvalue weighted by Crippen LogP contribution is 2.26. The first-order chi connectivity index (χ1) is 10.1. The smallest absolute Gasteiger partial charge is 0.270 e. The third kappa shape index (κ3) is 2.51. The second-order valence-electron chi connectivity index (χ2n) is 5.29. The zero-order valence-electron chi connectivity index (χ0n) is 12.0. The molecule has 0 fully saturated rings. The highest BCUT2D eigenvalue weighted by molar-refractivity contribution is 6.31. The number of hydrogen-bond acceptors (Lipinski definition) is 2. The molecule has 1 aromatic heterocycles. The van der Waals surface area contributed by atoms with E-state index in [0.29, 0.717) is 23.8 Å². The average molecular weight is 304 g/mol. The second kappa shape index (κ2) is 5.45. The number of aromatic nitrogens is 1. The third-order valence-electron chi connectivity index (χ3n) is 4.02. The zero-order chi connectivity index (χ0) is 15.0. The van der Waals surface area contributed by atoms with Crippen molar-refractivity contribution < 1.29 is 4.79 Å². The van der Waals surface area contributed by atoms with E-state index < -0.39 is 0 Å². The number of nitrogen functional groups attached to an aromatic ring is 1. The largest absolute Gasteiger partial charge is 0.398 e. The molecule has 5 heteroatoms. The van der Waals surface area contributed by atoms with E-state index in [1.165, 1.54) is 5.56 Å². The van der Waals surface area contributed by atoms with Gasteiger partial charge < -0.3 is 15.2 Å². The monoisotopic (exact) mass is 303 g/mol. The minimum atomic E-state index is 0.0117. The first-order valence-electron chi connectivity index (χ1n) is 7.11. The summed E-state index contributed by atoms with van der Waals surface area (Å²) in [5, 5.41) is 0.595. The second-order valence-corrected chi connectivity index (χ2v) is 5.73. The van der Waals surface area contributed by atoms with Gasteiger partial charge in [0.25, 0.3) is 5.91 Å². The molecule has 0 atom stereocenters. The average Bonchev–Trinajstić information content (AvgIpc) is 2.88. The van der Waals surface area contributed by atoms with Crippen LogP contribution in [0.15, 0.2) is 30.5 Å². The number of hydrogen-bond donors (Lipinski definition) is 1. The zero-order valence-corrected chi connectivity index (χ0v) is 12.7. The lowest BCUT2D eigenvalue weighted by atomic mass is 9.98. The predicted molar refractivity (Wildman–Crippen MR) is 84.4 cm³/mol. The molecule has 2 aromatic rings. The summed E-state index contributed by atoms with van der Waals surface area (Å²) < 4.78 is 1.88. The molecule has 0 radical (unpaired) electrons. The predicted octanol–water partition coefficient (Wildman–Crippen LogP) is 2.94. The molecule has 110 valence electrons. The molecule has 3 rings (SSSR count). The van der Waals surface area contributed by atoms with Crippen molar-refractivity contribution in [3.8, 4) is 0 Å². The number of rotatable bonds is 2. The van der Waals surface area contributed by atoms with Gasteiger partial charge >= 0.3 is 0 Å². The first-order valence-corrected chi connectivity index (χ1v) is 7.49.